The van der Waals surface area contributed by atoms with E-state index in [9.17, 15) is 14.9 Å². The van der Waals surface area contributed by atoms with E-state index >= 15 is 0 Å². The van der Waals surface area contributed by atoms with E-state index in [1.807, 2.05) is 19.9 Å². The van der Waals surface area contributed by atoms with Crippen LogP contribution in [0.3, 0.4) is 0 Å². The number of hydrogen-bond donors (Lipinski definition) is 0. The number of carbonyl (C=O) groups is 1. The number of anilines is 1. The predicted octanol–water partition coefficient (Wildman–Crippen LogP) is 4.24. The summed E-state index contributed by atoms with van der Waals surface area (Å²) in [6.07, 6.45) is 3.07. The van der Waals surface area contributed by atoms with E-state index in [0.29, 0.717) is 16.8 Å². The molecule has 1 aromatic heterocycles. The fourth-order valence-corrected chi connectivity index (χ4v) is 3.23. The van der Waals surface area contributed by atoms with Crippen molar-refractivity contribution >= 4 is 34.6 Å². The maximum Gasteiger partial charge on any atom is 0.293 e. The Morgan fingerprint density at radius 1 is 1.26 bits per heavy atom. The van der Waals surface area contributed by atoms with Gasteiger partial charge >= 0.3 is 0 Å². The first-order valence-corrected chi connectivity index (χ1v) is 7.86. The number of nitro groups is 1. The van der Waals surface area contributed by atoms with Gasteiger partial charge in [0.2, 0.25) is 0 Å². The number of rotatable bonds is 5. The number of aryl methyl sites for hydroxylation is 2. The fourth-order valence-electron chi connectivity index (χ4n) is 2.31. The summed E-state index contributed by atoms with van der Waals surface area (Å²) >= 11 is 1.58. The molecule has 0 aliphatic carbocycles. The molecule has 1 aromatic carbocycles. The molecule has 0 amide bonds. The lowest BCUT2D eigenvalue weighted by Crippen LogP contribution is -2.10. The second-order valence-corrected chi connectivity index (χ2v) is 6.88. The minimum Gasteiger partial charge on any atom is -0.372 e. The van der Waals surface area contributed by atoms with Crippen LogP contribution < -0.4 is 4.90 Å². The fraction of sp³-hybridized carbons (Fsp3) is 0.235. The smallest absolute Gasteiger partial charge is 0.293 e. The lowest BCUT2D eigenvalue weighted by Gasteiger charge is -2.12. The number of thiophene rings is 1. The van der Waals surface area contributed by atoms with E-state index in [-0.39, 0.29) is 11.5 Å². The SMILES string of the molecule is Cc1cc(C(=O)/C=C/c2ccc(N(C)C)c([N+](=O)[O-])c2)c(C)s1. The molecule has 0 saturated carbocycles. The molecule has 1 heterocycles. The maximum absolute atomic E-state index is 12.2. The molecule has 120 valence electrons. The third-order valence-electron chi connectivity index (χ3n) is 3.41. The zero-order chi connectivity index (χ0) is 17.1. The minimum absolute atomic E-state index is 0.0205. The minimum atomic E-state index is -0.416. The summed E-state index contributed by atoms with van der Waals surface area (Å²) in [6.45, 7) is 3.87. The van der Waals surface area contributed by atoms with Crippen LogP contribution in [-0.4, -0.2) is 24.8 Å². The summed E-state index contributed by atoms with van der Waals surface area (Å²) in [5, 5.41) is 11.2. The van der Waals surface area contributed by atoms with Gasteiger partial charge in [0.25, 0.3) is 5.69 Å². The van der Waals surface area contributed by atoms with Crippen molar-refractivity contribution in [3.63, 3.8) is 0 Å². The van der Waals surface area contributed by atoms with Crippen molar-refractivity contribution in [3.05, 3.63) is 61.3 Å². The number of nitro benzene ring substituents is 1. The molecular formula is C17H18N2O3S. The summed E-state index contributed by atoms with van der Waals surface area (Å²) in [5.74, 6) is -0.0915. The lowest BCUT2D eigenvalue weighted by atomic mass is 10.1. The van der Waals surface area contributed by atoms with Gasteiger partial charge in [-0.25, -0.2) is 0 Å². The van der Waals surface area contributed by atoms with Gasteiger partial charge in [0, 0.05) is 35.5 Å². The highest BCUT2D eigenvalue weighted by molar-refractivity contribution is 7.12. The maximum atomic E-state index is 12.2. The van der Waals surface area contributed by atoms with E-state index in [4.69, 9.17) is 0 Å². The molecule has 0 aliphatic rings. The molecule has 0 aliphatic heterocycles. The standard InChI is InChI=1S/C17H18N2O3S/c1-11-9-14(12(2)23-11)17(20)8-6-13-5-7-15(18(3)4)16(10-13)19(21)22/h5-10H,1-4H3/b8-6+. The van der Waals surface area contributed by atoms with Crippen LogP contribution in [0.5, 0.6) is 0 Å². The van der Waals surface area contributed by atoms with Crippen molar-refractivity contribution in [3.8, 4) is 0 Å². The van der Waals surface area contributed by atoms with Gasteiger partial charge in [-0.3, -0.25) is 14.9 Å². The first-order valence-electron chi connectivity index (χ1n) is 7.05. The van der Waals surface area contributed by atoms with E-state index < -0.39 is 4.92 Å². The van der Waals surface area contributed by atoms with Crippen LogP contribution in [0.4, 0.5) is 11.4 Å². The van der Waals surface area contributed by atoms with E-state index in [1.54, 1.807) is 48.5 Å². The summed E-state index contributed by atoms with van der Waals surface area (Å²) < 4.78 is 0. The van der Waals surface area contributed by atoms with Crippen LogP contribution in [0.25, 0.3) is 6.08 Å². The number of allylic oxidation sites excluding steroid dienone is 1. The third-order valence-corrected chi connectivity index (χ3v) is 4.38. The van der Waals surface area contributed by atoms with Crippen molar-refractivity contribution in [1.82, 2.24) is 0 Å². The Balaban J connectivity index is 2.29. The Morgan fingerprint density at radius 2 is 1.96 bits per heavy atom. The molecule has 0 fully saturated rings. The summed E-state index contributed by atoms with van der Waals surface area (Å²) in [6, 6.07) is 6.79. The van der Waals surface area contributed by atoms with Crippen molar-refractivity contribution in [2.45, 2.75) is 13.8 Å². The topological polar surface area (TPSA) is 63.5 Å². The molecule has 6 heteroatoms. The molecule has 0 atom stereocenters. The highest BCUT2D eigenvalue weighted by Gasteiger charge is 2.15. The molecule has 0 N–H and O–H groups in total. The number of benzene rings is 1. The Kier molecular flexibility index (Phi) is 4.95. The highest BCUT2D eigenvalue weighted by atomic mass is 32.1. The molecular weight excluding hydrogens is 312 g/mol. The van der Waals surface area contributed by atoms with Crippen LogP contribution in [0.15, 0.2) is 30.3 Å². The molecule has 23 heavy (non-hydrogen) atoms. The molecule has 0 spiro atoms. The molecule has 0 radical (unpaired) electrons. The average molecular weight is 330 g/mol. The Bertz CT molecular complexity index is 791. The van der Waals surface area contributed by atoms with Gasteiger partial charge in [-0.05, 0) is 37.6 Å². The lowest BCUT2D eigenvalue weighted by molar-refractivity contribution is -0.384. The van der Waals surface area contributed by atoms with Crippen LogP contribution >= 0.6 is 11.3 Å². The van der Waals surface area contributed by atoms with Gasteiger partial charge in [-0.1, -0.05) is 12.1 Å². The molecule has 2 rings (SSSR count). The normalized spacial score (nSPS) is 11.0. The monoisotopic (exact) mass is 330 g/mol. The number of hydrogen-bond acceptors (Lipinski definition) is 5. The van der Waals surface area contributed by atoms with Gasteiger partial charge < -0.3 is 4.90 Å². The highest BCUT2D eigenvalue weighted by Crippen LogP contribution is 2.28. The van der Waals surface area contributed by atoms with Crippen LogP contribution in [0, 0.1) is 24.0 Å². The van der Waals surface area contributed by atoms with Gasteiger partial charge in [-0.2, -0.15) is 0 Å². The van der Waals surface area contributed by atoms with E-state index in [0.717, 1.165) is 9.75 Å². The first-order chi connectivity index (χ1) is 10.8. The van der Waals surface area contributed by atoms with Crippen LogP contribution in [0.1, 0.15) is 25.7 Å². The summed E-state index contributed by atoms with van der Waals surface area (Å²) in [4.78, 5) is 26.7. The summed E-state index contributed by atoms with van der Waals surface area (Å²) in [7, 11) is 3.51. The van der Waals surface area contributed by atoms with Gasteiger partial charge in [-0.15, -0.1) is 11.3 Å². The summed E-state index contributed by atoms with van der Waals surface area (Å²) in [5.41, 5.74) is 1.86. The van der Waals surface area contributed by atoms with Crippen LogP contribution in [0.2, 0.25) is 0 Å². The number of nitrogens with zero attached hydrogens (tertiary/aromatic N) is 2. The average Bonchev–Trinajstić information content (AvgIpc) is 2.83. The zero-order valence-corrected chi connectivity index (χ0v) is 14.3. The first kappa shape index (κ1) is 16.9. The molecule has 0 saturated heterocycles. The zero-order valence-electron chi connectivity index (χ0n) is 13.5. The predicted molar refractivity (Wildman–Crippen MR) is 94.6 cm³/mol. The van der Waals surface area contributed by atoms with Crippen molar-refractivity contribution < 1.29 is 9.72 Å². The van der Waals surface area contributed by atoms with Crippen LogP contribution in [-0.2, 0) is 0 Å². The Morgan fingerprint density at radius 3 is 2.48 bits per heavy atom. The van der Waals surface area contributed by atoms with Crippen molar-refractivity contribution in [2.24, 2.45) is 0 Å². The molecule has 0 unspecified atom stereocenters. The molecule has 2 aromatic rings. The largest absolute Gasteiger partial charge is 0.372 e. The van der Waals surface area contributed by atoms with Crippen molar-refractivity contribution in [1.29, 1.82) is 0 Å². The second kappa shape index (κ2) is 6.75. The number of carbonyl (C=O) groups excluding carboxylic acids is 1. The second-order valence-electron chi connectivity index (χ2n) is 5.42. The Labute approximate surface area is 139 Å². The Hall–Kier alpha value is -2.47. The molecule has 5 nitrogen and oxygen atoms in total. The third kappa shape index (κ3) is 3.84. The quantitative estimate of drug-likeness (QED) is 0.356. The van der Waals surface area contributed by atoms with Gasteiger partial charge in [0.05, 0.1) is 4.92 Å². The number of ketones is 1. The van der Waals surface area contributed by atoms with E-state index in [1.165, 1.54) is 12.1 Å². The van der Waals surface area contributed by atoms with Gasteiger partial charge in [0.1, 0.15) is 5.69 Å². The van der Waals surface area contributed by atoms with Crippen molar-refractivity contribution in [2.75, 3.05) is 19.0 Å². The van der Waals surface area contributed by atoms with Gasteiger partial charge in [0.15, 0.2) is 5.78 Å². The van der Waals surface area contributed by atoms with E-state index in [2.05, 4.69) is 0 Å². The molecule has 0 bridgehead atoms.